The first kappa shape index (κ1) is 19.2. The Labute approximate surface area is 166 Å². The quantitative estimate of drug-likeness (QED) is 0.757. The second-order valence-corrected chi connectivity index (χ2v) is 7.68. The molecule has 1 atom stereocenters. The third kappa shape index (κ3) is 3.47. The molecule has 0 spiro atoms. The predicted octanol–water partition coefficient (Wildman–Crippen LogP) is 2.94. The zero-order valence-electron chi connectivity index (χ0n) is 17.0. The number of hydrogen-bond donors (Lipinski definition) is 0. The highest BCUT2D eigenvalue weighted by Gasteiger charge is 2.32. The lowest BCUT2D eigenvalue weighted by molar-refractivity contribution is 0.0209. The third-order valence-corrected chi connectivity index (χ3v) is 6.07. The molecule has 0 radical (unpaired) electrons. The fraction of sp³-hybridized carbons (Fsp3) is 0.545. The topological polar surface area (TPSA) is 54.9 Å². The standard InChI is InChI=1S/C22H29N3O3/c1-4-28-22(26)19-13-23-20-16(3)15(2)5-6-18(20)21(19)25-8-7-17(14-25)24-9-11-27-12-10-24/h5-6,13,17H,4,7-12,14H2,1-3H3. The first-order valence-electron chi connectivity index (χ1n) is 10.2. The molecule has 3 heterocycles. The summed E-state index contributed by atoms with van der Waals surface area (Å²) in [6.45, 7) is 11.8. The Morgan fingerprint density at radius 1 is 1.25 bits per heavy atom. The van der Waals surface area contributed by atoms with Gasteiger partial charge in [0.25, 0.3) is 0 Å². The zero-order valence-corrected chi connectivity index (χ0v) is 17.0. The van der Waals surface area contributed by atoms with Gasteiger partial charge in [-0.25, -0.2) is 4.79 Å². The number of fused-ring (bicyclic) bond motifs is 1. The average molecular weight is 383 g/mol. The average Bonchev–Trinajstić information content (AvgIpc) is 3.20. The van der Waals surface area contributed by atoms with E-state index >= 15 is 0 Å². The van der Waals surface area contributed by atoms with Crippen LogP contribution in [0.4, 0.5) is 5.69 Å². The minimum absolute atomic E-state index is 0.292. The van der Waals surface area contributed by atoms with Crippen molar-refractivity contribution in [1.29, 1.82) is 0 Å². The molecular formula is C22H29N3O3. The number of hydrogen-bond acceptors (Lipinski definition) is 6. The van der Waals surface area contributed by atoms with Gasteiger partial charge >= 0.3 is 5.97 Å². The van der Waals surface area contributed by atoms with Crippen LogP contribution in [0.15, 0.2) is 18.3 Å². The second-order valence-electron chi connectivity index (χ2n) is 7.68. The smallest absolute Gasteiger partial charge is 0.341 e. The number of esters is 1. The van der Waals surface area contributed by atoms with Gasteiger partial charge in [0, 0.05) is 43.8 Å². The number of ether oxygens (including phenoxy) is 2. The van der Waals surface area contributed by atoms with Crippen molar-refractivity contribution >= 4 is 22.6 Å². The van der Waals surface area contributed by atoms with Gasteiger partial charge in [0.15, 0.2) is 0 Å². The Hall–Kier alpha value is -2.18. The normalized spacial score (nSPS) is 20.7. The molecule has 2 aliphatic heterocycles. The number of anilines is 1. The van der Waals surface area contributed by atoms with Crippen LogP contribution in [0.25, 0.3) is 10.9 Å². The number of aromatic nitrogens is 1. The molecule has 6 nitrogen and oxygen atoms in total. The van der Waals surface area contributed by atoms with Crippen molar-refractivity contribution in [2.24, 2.45) is 0 Å². The number of morpholine rings is 1. The summed E-state index contributed by atoms with van der Waals surface area (Å²) in [5, 5.41) is 1.04. The van der Waals surface area contributed by atoms with E-state index in [1.54, 1.807) is 6.20 Å². The van der Waals surface area contributed by atoms with Gasteiger partial charge in [0.1, 0.15) is 5.56 Å². The van der Waals surface area contributed by atoms with Gasteiger partial charge in [-0.3, -0.25) is 9.88 Å². The van der Waals surface area contributed by atoms with Crippen LogP contribution in [0.5, 0.6) is 0 Å². The van der Waals surface area contributed by atoms with E-state index in [2.05, 4.69) is 40.8 Å². The molecule has 1 unspecified atom stereocenters. The predicted molar refractivity (Wildman–Crippen MR) is 110 cm³/mol. The first-order valence-corrected chi connectivity index (χ1v) is 10.2. The summed E-state index contributed by atoms with van der Waals surface area (Å²) in [5.74, 6) is -0.292. The fourth-order valence-corrected chi connectivity index (χ4v) is 4.38. The summed E-state index contributed by atoms with van der Waals surface area (Å²) in [7, 11) is 0. The Bertz CT molecular complexity index is 877. The molecule has 0 saturated carbocycles. The number of benzene rings is 1. The summed E-state index contributed by atoms with van der Waals surface area (Å²) in [5.41, 5.74) is 4.89. The number of rotatable bonds is 4. The van der Waals surface area contributed by atoms with Gasteiger partial charge < -0.3 is 14.4 Å². The summed E-state index contributed by atoms with van der Waals surface area (Å²) >= 11 is 0. The molecule has 2 aliphatic rings. The summed E-state index contributed by atoms with van der Waals surface area (Å²) in [6, 6.07) is 4.71. The maximum Gasteiger partial charge on any atom is 0.341 e. The van der Waals surface area contributed by atoms with Crippen LogP contribution in [-0.4, -0.2) is 67.9 Å². The molecule has 0 aliphatic carbocycles. The van der Waals surface area contributed by atoms with Gasteiger partial charge in [-0.1, -0.05) is 12.1 Å². The van der Waals surface area contributed by atoms with Crippen molar-refractivity contribution in [2.75, 3.05) is 50.9 Å². The highest BCUT2D eigenvalue weighted by Crippen LogP contribution is 2.35. The van der Waals surface area contributed by atoms with Crippen molar-refractivity contribution in [3.63, 3.8) is 0 Å². The van der Waals surface area contributed by atoms with E-state index in [1.807, 2.05) is 6.92 Å². The number of nitrogens with zero attached hydrogens (tertiary/aromatic N) is 3. The molecule has 2 saturated heterocycles. The summed E-state index contributed by atoms with van der Waals surface area (Å²) in [4.78, 5) is 22.2. The maximum absolute atomic E-state index is 12.7. The fourth-order valence-electron chi connectivity index (χ4n) is 4.38. The molecule has 28 heavy (non-hydrogen) atoms. The zero-order chi connectivity index (χ0) is 19.7. The molecule has 150 valence electrons. The van der Waals surface area contributed by atoms with E-state index in [-0.39, 0.29) is 5.97 Å². The van der Waals surface area contributed by atoms with Crippen LogP contribution < -0.4 is 4.90 Å². The molecule has 1 aromatic heterocycles. The molecule has 4 rings (SSSR count). The van der Waals surface area contributed by atoms with Crippen molar-refractivity contribution < 1.29 is 14.3 Å². The summed E-state index contributed by atoms with van der Waals surface area (Å²) < 4.78 is 10.8. The van der Waals surface area contributed by atoms with E-state index in [0.29, 0.717) is 18.2 Å². The van der Waals surface area contributed by atoms with Gasteiger partial charge in [0.2, 0.25) is 0 Å². The van der Waals surface area contributed by atoms with Crippen LogP contribution in [0, 0.1) is 13.8 Å². The van der Waals surface area contributed by atoms with Crippen molar-refractivity contribution in [3.05, 3.63) is 35.0 Å². The maximum atomic E-state index is 12.7. The third-order valence-electron chi connectivity index (χ3n) is 6.07. The second kappa shape index (κ2) is 8.05. The van der Waals surface area contributed by atoms with Crippen LogP contribution in [0.3, 0.4) is 0 Å². The molecule has 2 fully saturated rings. The Balaban J connectivity index is 1.74. The van der Waals surface area contributed by atoms with Gasteiger partial charge in [-0.2, -0.15) is 0 Å². The van der Waals surface area contributed by atoms with Gasteiger partial charge in [-0.05, 0) is 38.3 Å². The highest BCUT2D eigenvalue weighted by atomic mass is 16.5. The lowest BCUT2D eigenvalue weighted by Crippen LogP contribution is -2.44. The van der Waals surface area contributed by atoms with Crippen LogP contribution in [-0.2, 0) is 9.47 Å². The molecule has 0 bridgehead atoms. The van der Waals surface area contributed by atoms with E-state index in [1.165, 1.54) is 5.56 Å². The van der Waals surface area contributed by atoms with E-state index in [0.717, 1.165) is 68.0 Å². The highest BCUT2D eigenvalue weighted by molar-refractivity contribution is 6.06. The number of carbonyl (C=O) groups excluding carboxylic acids is 1. The minimum Gasteiger partial charge on any atom is -0.462 e. The lowest BCUT2D eigenvalue weighted by atomic mass is 10.0. The number of pyridine rings is 1. The van der Waals surface area contributed by atoms with Crippen molar-refractivity contribution in [2.45, 2.75) is 33.2 Å². The van der Waals surface area contributed by atoms with Crippen LogP contribution in [0.1, 0.15) is 34.8 Å². The monoisotopic (exact) mass is 383 g/mol. The molecule has 6 heteroatoms. The van der Waals surface area contributed by atoms with E-state index in [9.17, 15) is 4.79 Å². The molecule has 2 aromatic rings. The largest absolute Gasteiger partial charge is 0.462 e. The number of carbonyl (C=O) groups is 1. The molecular weight excluding hydrogens is 354 g/mol. The van der Waals surface area contributed by atoms with Crippen molar-refractivity contribution in [1.82, 2.24) is 9.88 Å². The first-order chi connectivity index (χ1) is 13.6. The Morgan fingerprint density at radius 2 is 2.04 bits per heavy atom. The van der Waals surface area contributed by atoms with Crippen LogP contribution in [0.2, 0.25) is 0 Å². The SMILES string of the molecule is CCOC(=O)c1cnc2c(C)c(C)ccc2c1N1CCC(N2CCOCC2)C1. The minimum atomic E-state index is -0.292. The lowest BCUT2D eigenvalue weighted by Gasteiger charge is -2.32. The number of aryl methyl sites for hydroxylation is 2. The van der Waals surface area contributed by atoms with Gasteiger partial charge in [0.05, 0.1) is 31.0 Å². The van der Waals surface area contributed by atoms with E-state index in [4.69, 9.17) is 9.47 Å². The Kier molecular flexibility index (Phi) is 5.51. The van der Waals surface area contributed by atoms with Gasteiger partial charge in [-0.15, -0.1) is 0 Å². The van der Waals surface area contributed by atoms with Crippen LogP contribution >= 0.6 is 0 Å². The van der Waals surface area contributed by atoms with E-state index < -0.39 is 0 Å². The molecule has 0 amide bonds. The molecule has 1 aromatic carbocycles. The van der Waals surface area contributed by atoms with Crippen molar-refractivity contribution in [3.8, 4) is 0 Å². The molecule has 0 N–H and O–H groups in total. The Morgan fingerprint density at radius 3 is 2.79 bits per heavy atom. The summed E-state index contributed by atoms with van der Waals surface area (Å²) in [6.07, 6.45) is 2.79.